The first-order valence-electron chi connectivity index (χ1n) is 9.83. The smallest absolute Gasteiger partial charge is 0.191 e. The molecule has 2 heterocycles. The Labute approximate surface area is 189 Å². The van der Waals surface area contributed by atoms with Crippen LogP contribution in [0.4, 0.5) is 0 Å². The van der Waals surface area contributed by atoms with E-state index in [1.54, 1.807) is 7.11 Å². The summed E-state index contributed by atoms with van der Waals surface area (Å²) in [6.45, 7) is 8.16. The average molecular weight is 514 g/mol. The Hall–Kier alpha value is -2.04. The summed E-state index contributed by atoms with van der Waals surface area (Å²) in [6.07, 6.45) is 1.88. The molecule has 2 unspecified atom stereocenters. The molecule has 0 saturated carbocycles. The Morgan fingerprint density at radius 3 is 2.93 bits per heavy atom. The van der Waals surface area contributed by atoms with Crippen LogP contribution in [-0.2, 0) is 13.0 Å². The molecule has 1 aliphatic heterocycles. The molecular formula is C20H31IN6O2. The fourth-order valence-corrected chi connectivity index (χ4v) is 3.23. The van der Waals surface area contributed by atoms with Crippen LogP contribution in [0, 0.1) is 6.92 Å². The number of halogens is 1. The molecule has 1 aliphatic rings. The lowest BCUT2D eigenvalue weighted by Gasteiger charge is -2.25. The lowest BCUT2D eigenvalue weighted by molar-refractivity contribution is 0.229. The van der Waals surface area contributed by atoms with Crippen LogP contribution in [0.15, 0.2) is 29.3 Å². The van der Waals surface area contributed by atoms with Gasteiger partial charge < -0.3 is 20.1 Å². The van der Waals surface area contributed by atoms with Crippen molar-refractivity contribution in [2.24, 2.45) is 4.99 Å². The molecule has 3 rings (SSSR count). The number of benzene rings is 1. The lowest BCUT2D eigenvalue weighted by atomic mass is 10.1. The summed E-state index contributed by atoms with van der Waals surface area (Å²) in [5, 5.41) is 11.3. The van der Waals surface area contributed by atoms with Gasteiger partial charge in [0.2, 0.25) is 0 Å². The maximum absolute atomic E-state index is 5.96. The van der Waals surface area contributed by atoms with E-state index in [0.717, 1.165) is 55.0 Å². The Morgan fingerprint density at radius 1 is 1.38 bits per heavy atom. The zero-order valence-corrected chi connectivity index (χ0v) is 19.8. The molecule has 0 radical (unpaired) electrons. The number of ether oxygens (including phenoxy) is 2. The molecule has 2 N–H and O–H groups in total. The minimum atomic E-state index is -0.0570. The van der Waals surface area contributed by atoms with Crippen LogP contribution in [-0.4, -0.2) is 53.1 Å². The van der Waals surface area contributed by atoms with Gasteiger partial charge in [-0.2, -0.15) is 5.10 Å². The van der Waals surface area contributed by atoms with Crippen LogP contribution in [0.2, 0.25) is 0 Å². The molecule has 0 saturated heterocycles. The van der Waals surface area contributed by atoms with Crippen LogP contribution in [0.3, 0.4) is 0 Å². The fraction of sp³-hybridized carbons (Fsp3) is 0.550. The Morgan fingerprint density at radius 2 is 2.17 bits per heavy atom. The molecule has 2 aromatic rings. The third kappa shape index (κ3) is 6.76. The predicted molar refractivity (Wildman–Crippen MR) is 124 cm³/mol. The number of nitrogens with one attached hydrogen (secondary N) is 2. The average Bonchev–Trinajstić information content (AvgIpc) is 3.05. The van der Waals surface area contributed by atoms with Gasteiger partial charge in [-0.25, -0.2) is 14.7 Å². The minimum absolute atomic E-state index is 0. The number of aromatic nitrogens is 3. The van der Waals surface area contributed by atoms with Gasteiger partial charge >= 0.3 is 0 Å². The summed E-state index contributed by atoms with van der Waals surface area (Å²) in [6, 6.07) is 7.89. The number of aliphatic imine (C=N–C) groups is 1. The molecule has 2 atom stereocenters. The van der Waals surface area contributed by atoms with E-state index in [-0.39, 0.29) is 36.1 Å². The summed E-state index contributed by atoms with van der Waals surface area (Å²) in [7, 11) is 1.65. The summed E-state index contributed by atoms with van der Waals surface area (Å²) < 4.78 is 13.2. The number of rotatable bonds is 7. The minimum Gasteiger partial charge on any atom is -0.497 e. The number of nitrogens with zero attached hydrogens (tertiary/aromatic N) is 4. The molecular weight excluding hydrogens is 483 g/mol. The van der Waals surface area contributed by atoms with Crippen molar-refractivity contribution in [3.63, 3.8) is 0 Å². The molecule has 1 aromatic heterocycles. The third-order valence-corrected chi connectivity index (χ3v) is 4.53. The standard InChI is InChI=1S/C20H30N6O2.HI/c1-5-21-20(24-16-9-10-19-23-15(3)25-26(19)13-16)22-12-14(2)28-18-8-6-7-17(11-18)27-4;/h6-8,11,14,16H,5,9-10,12-13H2,1-4H3,(H2,21,22,24);1H. The number of aryl methyl sites for hydroxylation is 2. The van der Waals surface area contributed by atoms with Gasteiger partial charge in [-0.3, -0.25) is 0 Å². The highest BCUT2D eigenvalue weighted by atomic mass is 127. The van der Waals surface area contributed by atoms with E-state index in [1.165, 1.54) is 0 Å². The maximum Gasteiger partial charge on any atom is 0.191 e. The van der Waals surface area contributed by atoms with Crippen molar-refractivity contribution in [1.82, 2.24) is 25.4 Å². The van der Waals surface area contributed by atoms with E-state index >= 15 is 0 Å². The summed E-state index contributed by atoms with van der Waals surface area (Å²) in [4.78, 5) is 9.17. The zero-order valence-electron chi connectivity index (χ0n) is 17.5. The molecule has 29 heavy (non-hydrogen) atoms. The number of hydrogen-bond donors (Lipinski definition) is 2. The van der Waals surface area contributed by atoms with Crippen LogP contribution in [0.25, 0.3) is 0 Å². The molecule has 160 valence electrons. The van der Waals surface area contributed by atoms with Crippen LogP contribution in [0.5, 0.6) is 11.5 Å². The number of guanidine groups is 1. The van der Waals surface area contributed by atoms with Crippen molar-refractivity contribution in [2.75, 3.05) is 20.2 Å². The van der Waals surface area contributed by atoms with Crippen molar-refractivity contribution in [2.45, 2.75) is 52.3 Å². The van der Waals surface area contributed by atoms with Gasteiger partial charge in [-0.15, -0.1) is 24.0 Å². The van der Waals surface area contributed by atoms with Crippen molar-refractivity contribution < 1.29 is 9.47 Å². The van der Waals surface area contributed by atoms with E-state index in [4.69, 9.17) is 14.5 Å². The van der Waals surface area contributed by atoms with Gasteiger partial charge in [-0.05, 0) is 39.3 Å². The number of fused-ring (bicyclic) bond motifs is 1. The highest BCUT2D eigenvalue weighted by Crippen LogP contribution is 2.20. The van der Waals surface area contributed by atoms with E-state index in [0.29, 0.717) is 6.54 Å². The molecule has 1 aromatic carbocycles. The Bertz CT molecular complexity index is 810. The first-order valence-corrected chi connectivity index (χ1v) is 9.83. The topological polar surface area (TPSA) is 85.6 Å². The predicted octanol–water partition coefficient (Wildman–Crippen LogP) is 2.55. The monoisotopic (exact) mass is 514 g/mol. The van der Waals surface area contributed by atoms with Gasteiger partial charge in [0.25, 0.3) is 0 Å². The van der Waals surface area contributed by atoms with Gasteiger partial charge in [0.05, 0.1) is 20.2 Å². The fourth-order valence-electron chi connectivity index (χ4n) is 3.23. The Balaban J connectivity index is 0.00000300. The van der Waals surface area contributed by atoms with Crippen molar-refractivity contribution >= 4 is 29.9 Å². The highest BCUT2D eigenvalue weighted by molar-refractivity contribution is 14.0. The maximum atomic E-state index is 5.96. The molecule has 9 heteroatoms. The van der Waals surface area contributed by atoms with Crippen LogP contribution >= 0.6 is 24.0 Å². The number of methoxy groups -OCH3 is 1. The highest BCUT2D eigenvalue weighted by Gasteiger charge is 2.21. The van der Waals surface area contributed by atoms with Gasteiger partial charge in [-0.1, -0.05) is 6.07 Å². The molecule has 0 bridgehead atoms. The molecule has 0 fully saturated rings. The largest absolute Gasteiger partial charge is 0.497 e. The van der Waals surface area contributed by atoms with Crippen LogP contribution in [0.1, 0.15) is 31.9 Å². The number of hydrogen-bond acceptors (Lipinski definition) is 5. The summed E-state index contributed by atoms with van der Waals surface area (Å²) >= 11 is 0. The quantitative estimate of drug-likeness (QED) is 0.336. The van der Waals surface area contributed by atoms with Crippen molar-refractivity contribution in [3.05, 3.63) is 35.9 Å². The van der Waals surface area contributed by atoms with E-state index in [2.05, 4.69) is 27.6 Å². The zero-order chi connectivity index (χ0) is 19.9. The summed E-state index contributed by atoms with van der Waals surface area (Å²) in [5.74, 6) is 4.26. The summed E-state index contributed by atoms with van der Waals surface area (Å²) in [5.41, 5.74) is 0. The van der Waals surface area contributed by atoms with Gasteiger partial charge in [0, 0.05) is 25.1 Å². The second kappa shape index (κ2) is 11.2. The van der Waals surface area contributed by atoms with E-state index < -0.39 is 0 Å². The SMILES string of the molecule is CCNC(=NCC(C)Oc1cccc(OC)c1)NC1CCc2nc(C)nn2C1.I. The lowest BCUT2D eigenvalue weighted by Crippen LogP contribution is -2.47. The normalized spacial score (nSPS) is 17.0. The van der Waals surface area contributed by atoms with Crippen molar-refractivity contribution in [3.8, 4) is 11.5 Å². The molecule has 0 aliphatic carbocycles. The van der Waals surface area contributed by atoms with Crippen molar-refractivity contribution in [1.29, 1.82) is 0 Å². The van der Waals surface area contributed by atoms with Gasteiger partial charge in [0.15, 0.2) is 5.96 Å². The van der Waals surface area contributed by atoms with E-state index in [1.807, 2.05) is 42.8 Å². The van der Waals surface area contributed by atoms with Gasteiger partial charge in [0.1, 0.15) is 29.3 Å². The third-order valence-electron chi connectivity index (χ3n) is 4.53. The molecule has 8 nitrogen and oxygen atoms in total. The molecule has 0 amide bonds. The Kier molecular flexibility index (Phi) is 8.99. The van der Waals surface area contributed by atoms with E-state index in [9.17, 15) is 0 Å². The second-order valence-electron chi connectivity index (χ2n) is 6.96. The van der Waals surface area contributed by atoms with Crippen LogP contribution < -0.4 is 20.1 Å². The second-order valence-corrected chi connectivity index (χ2v) is 6.96. The first-order chi connectivity index (χ1) is 13.6. The molecule has 0 spiro atoms. The first kappa shape index (κ1) is 23.2.